The van der Waals surface area contributed by atoms with Crippen LogP contribution in [0, 0.1) is 23.5 Å². The standard InChI is InChI=1S/C16H23F2NO/c1-3-11-7-8-14(10(11)2)19-9-15(20)16-12(17)5-4-6-13(16)18/h4-6,10-11,14-15,19-20H,3,7-9H2,1-2H3. The number of rotatable bonds is 5. The Morgan fingerprint density at radius 2 is 1.95 bits per heavy atom. The molecule has 2 nitrogen and oxygen atoms in total. The van der Waals surface area contributed by atoms with Crippen LogP contribution >= 0.6 is 0 Å². The van der Waals surface area contributed by atoms with Gasteiger partial charge in [-0.2, -0.15) is 0 Å². The summed E-state index contributed by atoms with van der Waals surface area (Å²) in [4.78, 5) is 0. The third-order valence-electron chi connectivity index (χ3n) is 4.66. The van der Waals surface area contributed by atoms with Crippen LogP contribution in [0.25, 0.3) is 0 Å². The summed E-state index contributed by atoms with van der Waals surface area (Å²) in [7, 11) is 0. The highest BCUT2D eigenvalue weighted by atomic mass is 19.1. The lowest BCUT2D eigenvalue weighted by Gasteiger charge is -2.23. The van der Waals surface area contributed by atoms with E-state index in [0.29, 0.717) is 17.9 Å². The highest BCUT2D eigenvalue weighted by Gasteiger charge is 2.31. The first-order valence-corrected chi connectivity index (χ1v) is 7.40. The van der Waals surface area contributed by atoms with Crippen LogP contribution in [0.4, 0.5) is 8.78 Å². The van der Waals surface area contributed by atoms with E-state index >= 15 is 0 Å². The van der Waals surface area contributed by atoms with E-state index in [-0.39, 0.29) is 12.1 Å². The molecule has 1 saturated carbocycles. The predicted molar refractivity (Wildman–Crippen MR) is 75.3 cm³/mol. The van der Waals surface area contributed by atoms with Gasteiger partial charge in [0.1, 0.15) is 11.6 Å². The minimum Gasteiger partial charge on any atom is -0.387 e. The fourth-order valence-corrected chi connectivity index (χ4v) is 3.31. The Balaban J connectivity index is 1.94. The number of halogens is 2. The van der Waals surface area contributed by atoms with Crippen molar-refractivity contribution in [2.24, 2.45) is 11.8 Å². The van der Waals surface area contributed by atoms with Crippen LogP contribution in [0.1, 0.15) is 44.8 Å². The summed E-state index contributed by atoms with van der Waals surface area (Å²) < 4.78 is 27.1. The monoisotopic (exact) mass is 283 g/mol. The van der Waals surface area contributed by atoms with Crippen molar-refractivity contribution in [2.45, 2.75) is 45.3 Å². The molecule has 1 aliphatic rings. The van der Waals surface area contributed by atoms with E-state index < -0.39 is 17.7 Å². The molecule has 112 valence electrons. The molecule has 4 unspecified atom stereocenters. The summed E-state index contributed by atoms with van der Waals surface area (Å²) in [6.07, 6.45) is 2.25. The summed E-state index contributed by atoms with van der Waals surface area (Å²) in [5.74, 6) is -0.136. The van der Waals surface area contributed by atoms with Gasteiger partial charge >= 0.3 is 0 Å². The van der Waals surface area contributed by atoms with Gasteiger partial charge in [0.05, 0.1) is 11.7 Å². The fourth-order valence-electron chi connectivity index (χ4n) is 3.31. The van der Waals surface area contributed by atoms with Crippen molar-refractivity contribution in [1.29, 1.82) is 0 Å². The van der Waals surface area contributed by atoms with Crippen LogP contribution in [0.15, 0.2) is 18.2 Å². The number of aliphatic hydroxyl groups excluding tert-OH is 1. The first-order valence-electron chi connectivity index (χ1n) is 7.40. The lowest BCUT2D eigenvalue weighted by molar-refractivity contribution is 0.156. The molecule has 4 atom stereocenters. The van der Waals surface area contributed by atoms with Crippen molar-refractivity contribution in [1.82, 2.24) is 5.32 Å². The van der Waals surface area contributed by atoms with Gasteiger partial charge in [-0.15, -0.1) is 0 Å². The molecule has 0 amide bonds. The Hall–Kier alpha value is -1.00. The van der Waals surface area contributed by atoms with E-state index in [4.69, 9.17) is 0 Å². The molecule has 0 radical (unpaired) electrons. The van der Waals surface area contributed by atoms with Gasteiger partial charge in [-0.25, -0.2) is 8.78 Å². The molecule has 2 N–H and O–H groups in total. The van der Waals surface area contributed by atoms with Gasteiger partial charge in [0, 0.05) is 12.6 Å². The van der Waals surface area contributed by atoms with Gasteiger partial charge in [-0.05, 0) is 36.8 Å². The second-order valence-electron chi connectivity index (χ2n) is 5.77. The van der Waals surface area contributed by atoms with Crippen LogP contribution in [0.3, 0.4) is 0 Å². The molecule has 1 aliphatic carbocycles. The van der Waals surface area contributed by atoms with E-state index in [2.05, 4.69) is 19.2 Å². The fraction of sp³-hybridized carbons (Fsp3) is 0.625. The van der Waals surface area contributed by atoms with E-state index in [9.17, 15) is 13.9 Å². The number of nitrogens with one attached hydrogen (secondary N) is 1. The number of hydrogen-bond donors (Lipinski definition) is 2. The third-order valence-corrected chi connectivity index (χ3v) is 4.66. The van der Waals surface area contributed by atoms with Gasteiger partial charge < -0.3 is 10.4 Å². The summed E-state index contributed by atoms with van der Waals surface area (Å²) >= 11 is 0. The minimum absolute atomic E-state index is 0.184. The topological polar surface area (TPSA) is 32.3 Å². The Kier molecular flexibility index (Phi) is 5.11. The highest BCUT2D eigenvalue weighted by molar-refractivity contribution is 5.22. The number of aliphatic hydroxyl groups is 1. The third kappa shape index (κ3) is 3.18. The first-order chi connectivity index (χ1) is 9.54. The van der Waals surface area contributed by atoms with Crippen molar-refractivity contribution in [3.63, 3.8) is 0 Å². The van der Waals surface area contributed by atoms with Crippen LogP contribution in [0.2, 0.25) is 0 Å². The molecular weight excluding hydrogens is 260 g/mol. The number of benzene rings is 1. The molecule has 0 aromatic heterocycles. The van der Waals surface area contributed by atoms with Gasteiger partial charge in [-0.3, -0.25) is 0 Å². The Morgan fingerprint density at radius 3 is 2.50 bits per heavy atom. The largest absolute Gasteiger partial charge is 0.387 e. The summed E-state index contributed by atoms with van der Waals surface area (Å²) in [5.41, 5.74) is -0.238. The van der Waals surface area contributed by atoms with Crippen molar-refractivity contribution in [3.8, 4) is 0 Å². The molecule has 0 bridgehead atoms. The smallest absolute Gasteiger partial charge is 0.131 e. The van der Waals surface area contributed by atoms with E-state index in [1.165, 1.54) is 24.6 Å². The molecule has 20 heavy (non-hydrogen) atoms. The van der Waals surface area contributed by atoms with E-state index in [0.717, 1.165) is 12.8 Å². The average molecular weight is 283 g/mol. The van der Waals surface area contributed by atoms with Crippen molar-refractivity contribution >= 4 is 0 Å². The van der Waals surface area contributed by atoms with Crippen LogP contribution < -0.4 is 5.32 Å². The quantitative estimate of drug-likeness (QED) is 0.868. The second kappa shape index (κ2) is 6.64. The molecule has 1 aromatic carbocycles. The van der Waals surface area contributed by atoms with Gasteiger partial charge in [0.15, 0.2) is 0 Å². The maximum absolute atomic E-state index is 13.6. The van der Waals surface area contributed by atoms with E-state index in [1.54, 1.807) is 0 Å². The molecular formula is C16H23F2NO. The van der Waals surface area contributed by atoms with Gasteiger partial charge in [-0.1, -0.05) is 26.3 Å². The molecule has 0 aliphatic heterocycles. The summed E-state index contributed by atoms with van der Waals surface area (Å²) in [5, 5.41) is 13.3. The Morgan fingerprint density at radius 1 is 1.30 bits per heavy atom. The zero-order chi connectivity index (χ0) is 14.7. The van der Waals surface area contributed by atoms with Crippen molar-refractivity contribution in [3.05, 3.63) is 35.4 Å². The maximum Gasteiger partial charge on any atom is 0.131 e. The second-order valence-corrected chi connectivity index (χ2v) is 5.77. The molecule has 0 saturated heterocycles. The van der Waals surface area contributed by atoms with E-state index in [1.807, 2.05) is 0 Å². The molecule has 4 heteroatoms. The summed E-state index contributed by atoms with van der Waals surface area (Å²) in [6.45, 7) is 4.57. The van der Waals surface area contributed by atoms with Crippen molar-refractivity contribution in [2.75, 3.05) is 6.54 Å². The SMILES string of the molecule is CCC1CCC(NCC(O)c2c(F)cccc2F)C1C. The maximum atomic E-state index is 13.6. The molecule has 2 rings (SSSR count). The van der Waals surface area contributed by atoms with Crippen LogP contribution in [-0.4, -0.2) is 17.7 Å². The minimum atomic E-state index is -1.15. The molecule has 1 fully saturated rings. The number of hydrogen-bond acceptors (Lipinski definition) is 2. The molecule has 0 spiro atoms. The predicted octanol–water partition coefficient (Wildman–Crippen LogP) is 3.41. The van der Waals surface area contributed by atoms with Crippen LogP contribution in [0.5, 0.6) is 0 Å². The van der Waals surface area contributed by atoms with Crippen LogP contribution in [-0.2, 0) is 0 Å². The lowest BCUT2D eigenvalue weighted by atomic mass is 9.93. The lowest BCUT2D eigenvalue weighted by Crippen LogP contribution is -2.36. The molecule has 1 aromatic rings. The van der Waals surface area contributed by atoms with Crippen molar-refractivity contribution < 1.29 is 13.9 Å². The Labute approximate surface area is 119 Å². The highest BCUT2D eigenvalue weighted by Crippen LogP contribution is 2.34. The normalized spacial score (nSPS) is 27.8. The summed E-state index contributed by atoms with van der Waals surface area (Å²) in [6, 6.07) is 3.98. The average Bonchev–Trinajstić information content (AvgIpc) is 2.76. The molecule has 0 heterocycles. The van der Waals surface area contributed by atoms with Gasteiger partial charge in [0.25, 0.3) is 0 Å². The van der Waals surface area contributed by atoms with Gasteiger partial charge in [0.2, 0.25) is 0 Å². The first kappa shape index (κ1) is 15.4. The Bertz CT molecular complexity index is 432. The zero-order valence-electron chi connectivity index (χ0n) is 12.1. The zero-order valence-corrected chi connectivity index (χ0v) is 12.1.